The number of furan rings is 1. The van der Waals surface area contributed by atoms with Crippen LogP contribution in [0.25, 0.3) is 11.3 Å². The number of hydrogen-bond acceptors (Lipinski definition) is 3. The number of carbonyl (C=O) groups excluding carboxylic acids is 1. The Morgan fingerprint density at radius 3 is 2.67 bits per heavy atom. The van der Waals surface area contributed by atoms with E-state index in [1.807, 2.05) is 6.07 Å². The van der Waals surface area contributed by atoms with Crippen LogP contribution in [0.1, 0.15) is 23.4 Å². The van der Waals surface area contributed by atoms with Gasteiger partial charge in [-0.05, 0) is 56.1 Å². The second kappa shape index (κ2) is 6.43. The van der Waals surface area contributed by atoms with Gasteiger partial charge in [0, 0.05) is 18.2 Å². The largest absolute Gasteiger partial charge is 0.451 e. The van der Waals surface area contributed by atoms with Gasteiger partial charge >= 0.3 is 0 Å². The summed E-state index contributed by atoms with van der Waals surface area (Å²) in [5.41, 5.74) is 0.686. The molecule has 4 nitrogen and oxygen atoms in total. The number of amides is 1. The fraction of sp³-hybridized carbons (Fsp3) is 0.389. The number of hydrogen-bond donors (Lipinski definition) is 1. The number of benzene rings is 1. The first-order valence-corrected chi connectivity index (χ1v) is 8.95. The average Bonchev–Trinajstić information content (AvgIpc) is 3.08. The lowest BCUT2D eigenvalue weighted by molar-refractivity contribution is 0.0606. The van der Waals surface area contributed by atoms with Gasteiger partial charge in [0.25, 0.3) is 5.91 Å². The SMILES string of the molecule is O=C(N[C@H]1CN2CCC1CC2)c1ccc(-c2cccc(Cl)c2Cl)o1. The number of nitrogens with zero attached hydrogens (tertiary/aromatic N) is 1. The van der Waals surface area contributed by atoms with Crippen molar-refractivity contribution in [3.8, 4) is 11.3 Å². The van der Waals surface area contributed by atoms with E-state index in [0.717, 1.165) is 32.5 Å². The normalized spacial score (nSPS) is 25.7. The van der Waals surface area contributed by atoms with Crippen LogP contribution in [0.15, 0.2) is 34.7 Å². The molecule has 3 aliphatic rings. The quantitative estimate of drug-likeness (QED) is 0.892. The summed E-state index contributed by atoms with van der Waals surface area (Å²) in [5.74, 6) is 1.26. The first-order valence-electron chi connectivity index (χ1n) is 8.19. The van der Waals surface area contributed by atoms with Gasteiger partial charge in [0.1, 0.15) is 5.76 Å². The van der Waals surface area contributed by atoms with Gasteiger partial charge in [-0.25, -0.2) is 0 Å². The van der Waals surface area contributed by atoms with Gasteiger partial charge in [-0.15, -0.1) is 0 Å². The van der Waals surface area contributed by atoms with Crippen molar-refractivity contribution in [1.29, 1.82) is 0 Å². The molecule has 0 aliphatic carbocycles. The van der Waals surface area contributed by atoms with Gasteiger partial charge < -0.3 is 14.6 Å². The molecule has 0 saturated carbocycles. The van der Waals surface area contributed by atoms with Gasteiger partial charge in [0.15, 0.2) is 5.76 Å². The molecule has 126 valence electrons. The van der Waals surface area contributed by atoms with Gasteiger partial charge in [0.2, 0.25) is 0 Å². The van der Waals surface area contributed by atoms with Crippen molar-refractivity contribution in [2.45, 2.75) is 18.9 Å². The fourth-order valence-corrected chi connectivity index (χ4v) is 4.06. The topological polar surface area (TPSA) is 45.5 Å². The lowest BCUT2D eigenvalue weighted by atomic mass is 9.84. The Labute approximate surface area is 150 Å². The highest BCUT2D eigenvalue weighted by Crippen LogP contribution is 2.34. The summed E-state index contributed by atoms with van der Waals surface area (Å²) in [6.07, 6.45) is 2.32. The molecule has 1 atom stereocenters. The smallest absolute Gasteiger partial charge is 0.287 e. The highest BCUT2D eigenvalue weighted by molar-refractivity contribution is 6.43. The van der Waals surface area contributed by atoms with E-state index in [-0.39, 0.29) is 11.9 Å². The lowest BCUT2D eigenvalue weighted by Crippen LogP contribution is -2.57. The number of nitrogens with one attached hydrogen (secondary N) is 1. The van der Waals surface area contributed by atoms with Crippen molar-refractivity contribution in [2.24, 2.45) is 5.92 Å². The molecule has 0 radical (unpaired) electrons. The van der Waals surface area contributed by atoms with Crippen LogP contribution in [0, 0.1) is 5.92 Å². The van der Waals surface area contributed by atoms with E-state index in [4.69, 9.17) is 27.6 Å². The Morgan fingerprint density at radius 2 is 1.96 bits per heavy atom. The van der Waals surface area contributed by atoms with Crippen molar-refractivity contribution in [1.82, 2.24) is 10.2 Å². The van der Waals surface area contributed by atoms with Crippen molar-refractivity contribution in [3.05, 3.63) is 46.1 Å². The number of carbonyl (C=O) groups is 1. The molecule has 5 rings (SSSR count). The van der Waals surface area contributed by atoms with Gasteiger partial charge in [-0.2, -0.15) is 0 Å². The molecule has 3 saturated heterocycles. The minimum atomic E-state index is -0.168. The second-order valence-corrected chi connectivity index (χ2v) is 7.27. The summed E-state index contributed by atoms with van der Waals surface area (Å²) in [7, 11) is 0. The van der Waals surface area contributed by atoms with E-state index in [0.29, 0.717) is 33.0 Å². The second-order valence-electron chi connectivity index (χ2n) is 6.48. The van der Waals surface area contributed by atoms with Crippen LogP contribution >= 0.6 is 23.2 Å². The number of halogens is 2. The Morgan fingerprint density at radius 1 is 1.17 bits per heavy atom. The van der Waals surface area contributed by atoms with Crippen LogP contribution < -0.4 is 5.32 Å². The van der Waals surface area contributed by atoms with Crippen molar-refractivity contribution in [2.75, 3.05) is 19.6 Å². The molecule has 3 aliphatic heterocycles. The summed E-state index contributed by atoms with van der Waals surface area (Å²) < 4.78 is 5.72. The van der Waals surface area contributed by atoms with Crippen LogP contribution in [-0.4, -0.2) is 36.5 Å². The molecule has 24 heavy (non-hydrogen) atoms. The number of piperidine rings is 3. The fourth-order valence-electron chi connectivity index (χ4n) is 3.67. The molecule has 1 aromatic carbocycles. The third-order valence-electron chi connectivity index (χ3n) is 5.02. The molecule has 1 N–H and O–H groups in total. The maximum Gasteiger partial charge on any atom is 0.287 e. The number of rotatable bonds is 3. The highest BCUT2D eigenvalue weighted by Gasteiger charge is 2.35. The van der Waals surface area contributed by atoms with Crippen molar-refractivity contribution in [3.63, 3.8) is 0 Å². The Balaban J connectivity index is 1.50. The number of fused-ring (bicyclic) bond motifs is 3. The molecule has 6 heteroatoms. The maximum atomic E-state index is 12.5. The third-order valence-corrected chi connectivity index (χ3v) is 5.84. The minimum Gasteiger partial charge on any atom is -0.451 e. The van der Waals surface area contributed by atoms with Crippen molar-refractivity contribution < 1.29 is 9.21 Å². The molecule has 2 aromatic rings. The standard InChI is InChI=1S/C18H18Cl2N2O2/c19-13-3-1-2-12(17(13)20)15-4-5-16(24-15)18(23)21-14-10-22-8-6-11(14)7-9-22/h1-5,11,14H,6-10H2,(H,21,23)/t14-/m0/s1. The average molecular weight is 365 g/mol. The van der Waals surface area contributed by atoms with Crippen molar-refractivity contribution >= 4 is 29.1 Å². The predicted octanol–water partition coefficient (Wildman–Crippen LogP) is 4.08. The maximum absolute atomic E-state index is 12.5. The monoisotopic (exact) mass is 364 g/mol. The summed E-state index contributed by atoms with van der Waals surface area (Å²) in [4.78, 5) is 14.9. The van der Waals surface area contributed by atoms with Gasteiger partial charge in [0.05, 0.1) is 10.0 Å². The van der Waals surface area contributed by atoms with Crippen LogP contribution in [0.5, 0.6) is 0 Å². The summed E-state index contributed by atoms with van der Waals surface area (Å²) in [5, 5.41) is 4.01. The molecule has 0 spiro atoms. The minimum absolute atomic E-state index is 0.168. The van der Waals surface area contributed by atoms with Crippen LogP contribution in [0.4, 0.5) is 0 Å². The summed E-state index contributed by atoms with van der Waals surface area (Å²) >= 11 is 12.3. The Bertz CT molecular complexity index is 766. The third kappa shape index (κ3) is 2.94. The Kier molecular flexibility index (Phi) is 4.29. The molecule has 3 fully saturated rings. The van der Waals surface area contributed by atoms with E-state index < -0.39 is 0 Å². The summed E-state index contributed by atoms with van der Waals surface area (Å²) in [6, 6.07) is 8.99. The first kappa shape index (κ1) is 16.0. The molecule has 4 heterocycles. The lowest BCUT2D eigenvalue weighted by Gasteiger charge is -2.44. The van der Waals surface area contributed by atoms with E-state index in [1.54, 1.807) is 24.3 Å². The van der Waals surface area contributed by atoms with E-state index in [9.17, 15) is 4.79 Å². The molecule has 2 bridgehead atoms. The van der Waals surface area contributed by atoms with E-state index in [1.165, 1.54) is 0 Å². The van der Waals surface area contributed by atoms with Gasteiger partial charge in [-0.1, -0.05) is 29.3 Å². The zero-order valence-electron chi connectivity index (χ0n) is 13.1. The van der Waals surface area contributed by atoms with Gasteiger partial charge in [-0.3, -0.25) is 4.79 Å². The molecule has 1 amide bonds. The van der Waals surface area contributed by atoms with E-state index in [2.05, 4.69) is 10.2 Å². The first-order chi connectivity index (χ1) is 11.6. The summed E-state index contributed by atoms with van der Waals surface area (Å²) in [6.45, 7) is 3.23. The molecular weight excluding hydrogens is 347 g/mol. The molecule has 1 aromatic heterocycles. The zero-order chi connectivity index (χ0) is 16.7. The molecular formula is C18H18Cl2N2O2. The predicted molar refractivity (Wildman–Crippen MR) is 94.6 cm³/mol. The van der Waals surface area contributed by atoms with Crippen LogP contribution in [0.2, 0.25) is 10.0 Å². The van der Waals surface area contributed by atoms with Crippen LogP contribution in [0.3, 0.4) is 0 Å². The Hall–Kier alpha value is -1.49. The van der Waals surface area contributed by atoms with E-state index >= 15 is 0 Å². The highest BCUT2D eigenvalue weighted by atomic mass is 35.5. The van der Waals surface area contributed by atoms with Crippen LogP contribution in [-0.2, 0) is 0 Å². The molecule has 0 unspecified atom stereocenters. The zero-order valence-corrected chi connectivity index (χ0v) is 14.6.